The molecule has 2 aliphatic heterocycles. The van der Waals surface area contributed by atoms with Gasteiger partial charge in [-0.15, -0.1) is 0 Å². The first-order valence-corrected chi connectivity index (χ1v) is 7.83. The number of fused-ring (bicyclic) bond motifs is 1. The van der Waals surface area contributed by atoms with Crippen molar-refractivity contribution >= 4 is 11.2 Å². The minimum atomic E-state index is -1.11. The molecule has 0 radical (unpaired) electrons. The Labute approximate surface area is 137 Å². The Kier molecular flexibility index (Phi) is 4.39. The Morgan fingerprint density at radius 1 is 1.33 bits per heavy atom. The summed E-state index contributed by atoms with van der Waals surface area (Å²) in [6.45, 7) is 1.41. The van der Waals surface area contributed by atoms with Crippen LogP contribution in [0.3, 0.4) is 0 Å². The number of aliphatic hydroxyl groups excluding tert-OH is 2. The predicted molar refractivity (Wildman–Crippen MR) is 79.6 cm³/mol. The van der Waals surface area contributed by atoms with Gasteiger partial charge in [0.25, 0.3) is 0 Å². The van der Waals surface area contributed by atoms with E-state index in [-0.39, 0.29) is 12.6 Å². The number of rotatable bonds is 5. The lowest BCUT2D eigenvalue weighted by Gasteiger charge is -2.17. The topological polar surface area (TPSA) is 124 Å². The second kappa shape index (κ2) is 6.67. The number of hydrogen-bond donors (Lipinski definition) is 3. The van der Waals surface area contributed by atoms with Gasteiger partial charge in [0.15, 0.2) is 11.9 Å². The predicted octanol–water partition coefficient (Wildman–Crippen LogP) is -1.24. The smallest absolute Gasteiger partial charge is 0.165 e. The number of nitrogens with one attached hydrogen (secondary N) is 1. The van der Waals surface area contributed by atoms with Crippen LogP contribution in [-0.2, 0) is 14.3 Å². The van der Waals surface area contributed by atoms with Gasteiger partial charge in [0.1, 0.15) is 30.2 Å². The molecule has 2 aromatic heterocycles. The van der Waals surface area contributed by atoms with E-state index >= 15 is 0 Å². The van der Waals surface area contributed by atoms with Crippen LogP contribution in [0.5, 0.6) is 0 Å². The molecule has 0 spiro atoms. The van der Waals surface area contributed by atoms with E-state index < -0.39 is 24.5 Å². The van der Waals surface area contributed by atoms with E-state index in [1.807, 2.05) is 0 Å². The maximum absolute atomic E-state index is 10.3. The van der Waals surface area contributed by atoms with Crippen LogP contribution in [0.25, 0.3) is 11.2 Å². The molecule has 24 heavy (non-hydrogen) atoms. The molecular weight excluding hydrogens is 318 g/mol. The quantitative estimate of drug-likeness (QED) is 0.574. The summed E-state index contributed by atoms with van der Waals surface area (Å²) in [5.74, 6) is 0. The molecule has 4 rings (SSSR count). The lowest BCUT2D eigenvalue weighted by Crippen LogP contribution is -2.37. The molecule has 0 bridgehead atoms. The van der Waals surface area contributed by atoms with Gasteiger partial charge in [0.05, 0.1) is 31.8 Å². The first-order valence-electron chi connectivity index (χ1n) is 7.83. The highest BCUT2D eigenvalue weighted by Crippen LogP contribution is 2.31. The monoisotopic (exact) mass is 337 g/mol. The maximum atomic E-state index is 10.3. The van der Waals surface area contributed by atoms with Crippen molar-refractivity contribution in [2.45, 2.75) is 37.0 Å². The molecule has 0 unspecified atom stereocenters. The Bertz CT molecular complexity index is 691. The Morgan fingerprint density at radius 3 is 3.08 bits per heavy atom. The molecule has 4 heterocycles. The van der Waals surface area contributed by atoms with E-state index in [1.54, 1.807) is 10.8 Å². The molecule has 2 fully saturated rings. The van der Waals surface area contributed by atoms with Gasteiger partial charge in [-0.1, -0.05) is 0 Å². The molecule has 0 aliphatic carbocycles. The minimum Gasteiger partial charge on any atom is -0.387 e. The summed E-state index contributed by atoms with van der Waals surface area (Å²) in [6.07, 6.45) is 1.72. The highest BCUT2D eigenvalue weighted by atomic mass is 16.7. The van der Waals surface area contributed by atoms with Crippen LogP contribution in [0.15, 0.2) is 18.9 Å². The number of aromatic nitrogens is 4. The van der Waals surface area contributed by atoms with Gasteiger partial charge in [0, 0.05) is 6.61 Å². The fourth-order valence-electron chi connectivity index (χ4n) is 2.94. The Balaban J connectivity index is 1.42. The van der Waals surface area contributed by atoms with E-state index in [4.69, 9.17) is 14.3 Å². The highest BCUT2D eigenvalue weighted by molar-refractivity contribution is 5.68. The number of ether oxygens (including phenoxy) is 2. The third-order valence-corrected chi connectivity index (χ3v) is 4.28. The van der Waals surface area contributed by atoms with E-state index in [9.17, 15) is 10.2 Å². The van der Waals surface area contributed by atoms with Crippen molar-refractivity contribution in [3.8, 4) is 0 Å². The lowest BCUT2D eigenvalue weighted by molar-refractivity contribution is -0.0925. The SMILES string of the molecule is O[C@@H]1[C@H](O)[C@@H](CON[C@@H]2CCOC2)O[C@H]1n1cnc2cncnc21. The highest BCUT2D eigenvalue weighted by Gasteiger charge is 2.44. The zero-order chi connectivity index (χ0) is 16.5. The van der Waals surface area contributed by atoms with Crippen molar-refractivity contribution in [2.75, 3.05) is 19.8 Å². The molecule has 0 amide bonds. The number of imidazole rings is 1. The van der Waals surface area contributed by atoms with E-state index in [0.29, 0.717) is 24.4 Å². The molecule has 0 saturated carbocycles. The van der Waals surface area contributed by atoms with Crippen molar-refractivity contribution < 1.29 is 24.5 Å². The summed E-state index contributed by atoms with van der Waals surface area (Å²) in [4.78, 5) is 17.6. The molecule has 10 nitrogen and oxygen atoms in total. The molecule has 5 atom stereocenters. The number of hydrogen-bond acceptors (Lipinski definition) is 9. The maximum Gasteiger partial charge on any atom is 0.165 e. The molecule has 10 heteroatoms. The van der Waals surface area contributed by atoms with Gasteiger partial charge in [-0.25, -0.2) is 15.0 Å². The van der Waals surface area contributed by atoms with Gasteiger partial charge in [-0.2, -0.15) is 5.48 Å². The van der Waals surface area contributed by atoms with Crippen LogP contribution >= 0.6 is 0 Å². The molecule has 2 saturated heterocycles. The summed E-state index contributed by atoms with van der Waals surface area (Å²) in [5, 5.41) is 20.5. The third-order valence-electron chi connectivity index (χ3n) is 4.28. The van der Waals surface area contributed by atoms with Gasteiger partial charge in [-0.3, -0.25) is 9.40 Å². The molecule has 130 valence electrons. The van der Waals surface area contributed by atoms with Crippen LogP contribution in [-0.4, -0.2) is 73.9 Å². The standard InChI is InChI=1S/C14H19N5O5/c20-11-10(5-23-18-8-1-2-22-4-8)24-14(12(11)21)19-7-17-9-3-15-6-16-13(9)19/h3,6-8,10-12,14,18,20-21H,1-2,4-5H2/t8-,10-,11-,12-,14-/m1/s1. The molecular formula is C14H19N5O5. The van der Waals surface area contributed by atoms with Crippen LogP contribution in [0.4, 0.5) is 0 Å². The fraction of sp³-hybridized carbons (Fsp3) is 0.643. The number of hydroxylamine groups is 1. The second-order valence-corrected chi connectivity index (χ2v) is 5.92. The van der Waals surface area contributed by atoms with Crippen molar-refractivity contribution in [2.24, 2.45) is 0 Å². The Hall–Kier alpha value is -1.69. The van der Waals surface area contributed by atoms with E-state index in [2.05, 4.69) is 20.4 Å². The Morgan fingerprint density at radius 2 is 2.25 bits per heavy atom. The second-order valence-electron chi connectivity index (χ2n) is 5.92. The largest absolute Gasteiger partial charge is 0.387 e. The summed E-state index contributed by atoms with van der Waals surface area (Å²) in [7, 11) is 0. The number of nitrogens with zero attached hydrogens (tertiary/aromatic N) is 4. The average molecular weight is 337 g/mol. The van der Waals surface area contributed by atoms with Gasteiger partial charge >= 0.3 is 0 Å². The van der Waals surface area contributed by atoms with Crippen molar-refractivity contribution in [1.29, 1.82) is 0 Å². The van der Waals surface area contributed by atoms with Crippen LogP contribution in [0.1, 0.15) is 12.6 Å². The summed E-state index contributed by atoms with van der Waals surface area (Å²) in [5.41, 5.74) is 4.01. The zero-order valence-corrected chi connectivity index (χ0v) is 12.9. The van der Waals surface area contributed by atoms with E-state index in [1.165, 1.54) is 12.7 Å². The van der Waals surface area contributed by atoms with Crippen LogP contribution in [0, 0.1) is 0 Å². The van der Waals surface area contributed by atoms with Gasteiger partial charge in [0.2, 0.25) is 0 Å². The first kappa shape index (κ1) is 15.8. The molecule has 0 aromatic carbocycles. The third kappa shape index (κ3) is 2.88. The molecule has 3 N–H and O–H groups in total. The van der Waals surface area contributed by atoms with Crippen LogP contribution < -0.4 is 5.48 Å². The van der Waals surface area contributed by atoms with Crippen molar-refractivity contribution in [1.82, 2.24) is 25.0 Å². The zero-order valence-electron chi connectivity index (χ0n) is 12.9. The van der Waals surface area contributed by atoms with Crippen molar-refractivity contribution in [3.05, 3.63) is 18.9 Å². The van der Waals surface area contributed by atoms with Crippen molar-refractivity contribution in [3.63, 3.8) is 0 Å². The van der Waals surface area contributed by atoms with E-state index in [0.717, 1.165) is 6.42 Å². The first-order chi connectivity index (χ1) is 11.7. The summed E-state index contributed by atoms with van der Waals surface area (Å²) in [6, 6.07) is 0.138. The normalized spacial score (nSPS) is 33.5. The van der Waals surface area contributed by atoms with Crippen LogP contribution in [0.2, 0.25) is 0 Å². The van der Waals surface area contributed by atoms with Gasteiger partial charge < -0.3 is 19.7 Å². The summed E-state index contributed by atoms with van der Waals surface area (Å²) < 4.78 is 12.6. The fourth-order valence-corrected chi connectivity index (χ4v) is 2.94. The molecule has 2 aromatic rings. The van der Waals surface area contributed by atoms with Gasteiger partial charge in [-0.05, 0) is 6.42 Å². The minimum absolute atomic E-state index is 0.104. The summed E-state index contributed by atoms with van der Waals surface area (Å²) >= 11 is 0. The lowest BCUT2D eigenvalue weighted by atomic mass is 10.1. The number of aliphatic hydroxyl groups is 2. The molecule has 2 aliphatic rings. The average Bonchev–Trinajstić information content (AvgIpc) is 3.31.